The highest BCUT2D eigenvalue weighted by molar-refractivity contribution is 8.26. The van der Waals surface area contributed by atoms with E-state index in [9.17, 15) is 4.79 Å². The third-order valence-electron chi connectivity index (χ3n) is 4.35. The molecule has 0 radical (unpaired) electrons. The van der Waals surface area contributed by atoms with E-state index in [1.165, 1.54) is 11.8 Å². The molecule has 1 heterocycles. The third-order valence-corrected chi connectivity index (χ3v) is 6.26. The van der Waals surface area contributed by atoms with E-state index in [1.54, 1.807) is 17.0 Å². The summed E-state index contributed by atoms with van der Waals surface area (Å²) in [6.45, 7) is 7.38. The maximum Gasteiger partial charge on any atom is 0.266 e. The molecule has 0 bridgehead atoms. The number of rotatable bonds is 8. The van der Waals surface area contributed by atoms with Crippen molar-refractivity contribution < 1.29 is 14.3 Å². The van der Waals surface area contributed by atoms with Crippen LogP contribution in [0.2, 0.25) is 10.0 Å². The molecule has 2 aromatic rings. The van der Waals surface area contributed by atoms with Crippen molar-refractivity contribution in [2.24, 2.45) is 5.92 Å². The summed E-state index contributed by atoms with van der Waals surface area (Å²) < 4.78 is 12.3. The van der Waals surface area contributed by atoms with Crippen LogP contribution in [-0.4, -0.2) is 28.3 Å². The Kier molecular flexibility index (Phi) is 8.28. The molecule has 0 N–H and O–H groups in total. The predicted octanol–water partition coefficient (Wildman–Crippen LogP) is 6.83. The maximum absolute atomic E-state index is 12.8. The van der Waals surface area contributed by atoms with Crippen molar-refractivity contribution in [3.63, 3.8) is 0 Å². The third kappa shape index (κ3) is 6.16. The molecule has 3 rings (SSSR count). The first-order valence-electron chi connectivity index (χ1n) is 9.87. The van der Waals surface area contributed by atoms with Crippen LogP contribution in [0.1, 0.15) is 31.9 Å². The molecule has 4 nitrogen and oxygen atoms in total. The van der Waals surface area contributed by atoms with Crippen LogP contribution in [0.4, 0.5) is 0 Å². The summed E-state index contributed by atoms with van der Waals surface area (Å²) >= 11 is 19.1. The van der Waals surface area contributed by atoms with Gasteiger partial charge in [-0.15, -0.1) is 0 Å². The normalized spacial score (nSPS) is 15.3. The highest BCUT2D eigenvalue weighted by Crippen LogP contribution is 2.39. The van der Waals surface area contributed by atoms with Gasteiger partial charge in [0.2, 0.25) is 0 Å². The van der Waals surface area contributed by atoms with Gasteiger partial charge in [0, 0.05) is 11.6 Å². The van der Waals surface area contributed by atoms with Gasteiger partial charge in [-0.25, -0.2) is 0 Å². The zero-order valence-electron chi connectivity index (χ0n) is 17.5. The number of benzene rings is 2. The van der Waals surface area contributed by atoms with E-state index in [1.807, 2.05) is 37.3 Å². The second kappa shape index (κ2) is 10.7. The Hall–Kier alpha value is -1.73. The Morgan fingerprint density at radius 3 is 2.52 bits per heavy atom. The van der Waals surface area contributed by atoms with E-state index in [-0.39, 0.29) is 5.91 Å². The molecule has 0 unspecified atom stereocenters. The SMILES string of the molecule is CCOc1cc(/C=C2\SC(=S)N(CC(C)C)C2=O)cc(Cl)c1OCc1ccc(Cl)cc1. The molecule has 2 aromatic carbocycles. The van der Waals surface area contributed by atoms with Crippen molar-refractivity contribution in [2.45, 2.75) is 27.4 Å². The second-order valence-electron chi connectivity index (χ2n) is 7.36. The summed E-state index contributed by atoms with van der Waals surface area (Å²) in [5.74, 6) is 1.23. The highest BCUT2D eigenvalue weighted by Gasteiger charge is 2.32. The van der Waals surface area contributed by atoms with Crippen molar-refractivity contribution in [3.8, 4) is 11.5 Å². The fourth-order valence-electron chi connectivity index (χ4n) is 2.98. The zero-order valence-corrected chi connectivity index (χ0v) is 20.6. The van der Waals surface area contributed by atoms with E-state index in [2.05, 4.69) is 13.8 Å². The standard InChI is InChI=1S/C23H23Cl2NO3S2/c1-4-28-19-10-16(11-20-22(27)26(12-14(2)3)23(30)31-20)9-18(25)21(19)29-13-15-5-7-17(24)8-6-15/h5-11,14H,4,12-13H2,1-3H3/b20-11-. The summed E-state index contributed by atoms with van der Waals surface area (Å²) in [7, 11) is 0. The second-order valence-corrected chi connectivity index (χ2v) is 9.88. The average Bonchev–Trinajstić information content (AvgIpc) is 2.96. The Labute approximate surface area is 202 Å². The van der Waals surface area contributed by atoms with Crippen molar-refractivity contribution in [2.75, 3.05) is 13.2 Å². The quantitative estimate of drug-likeness (QED) is 0.296. The number of amides is 1. The van der Waals surface area contributed by atoms with Crippen molar-refractivity contribution in [1.29, 1.82) is 0 Å². The van der Waals surface area contributed by atoms with Gasteiger partial charge in [-0.1, -0.05) is 73.2 Å². The highest BCUT2D eigenvalue weighted by atomic mass is 35.5. The number of hydrogen-bond acceptors (Lipinski definition) is 5. The van der Waals surface area contributed by atoms with Crippen LogP contribution in [0.25, 0.3) is 6.08 Å². The number of ether oxygens (including phenoxy) is 2. The van der Waals surface area contributed by atoms with Gasteiger partial charge >= 0.3 is 0 Å². The van der Waals surface area contributed by atoms with Crippen molar-refractivity contribution in [3.05, 3.63) is 62.5 Å². The lowest BCUT2D eigenvalue weighted by Crippen LogP contribution is -2.31. The van der Waals surface area contributed by atoms with Crippen LogP contribution in [0.3, 0.4) is 0 Å². The number of nitrogens with zero attached hydrogens (tertiary/aromatic N) is 1. The fourth-order valence-corrected chi connectivity index (χ4v) is 4.66. The Balaban J connectivity index is 1.84. The van der Waals surface area contributed by atoms with E-state index in [0.717, 1.165) is 11.1 Å². The molecule has 31 heavy (non-hydrogen) atoms. The summed E-state index contributed by atoms with van der Waals surface area (Å²) in [6, 6.07) is 11.0. The van der Waals surface area contributed by atoms with Crippen molar-refractivity contribution in [1.82, 2.24) is 4.90 Å². The molecular weight excluding hydrogens is 473 g/mol. The first-order valence-corrected chi connectivity index (χ1v) is 11.9. The monoisotopic (exact) mass is 495 g/mol. The van der Waals surface area contributed by atoms with E-state index < -0.39 is 0 Å². The van der Waals surface area contributed by atoms with E-state index >= 15 is 0 Å². The van der Waals surface area contributed by atoms with Gasteiger partial charge in [0.1, 0.15) is 10.9 Å². The molecule has 164 valence electrons. The molecule has 1 aliphatic heterocycles. The lowest BCUT2D eigenvalue weighted by atomic mass is 10.1. The number of hydrogen-bond donors (Lipinski definition) is 0. The Bertz CT molecular complexity index is 1010. The minimum atomic E-state index is -0.0825. The van der Waals surface area contributed by atoms with Gasteiger partial charge in [-0.05, 0) is 54.3 Å². The summed E-state index contributed by atoms with van der Waals surface area (Å²) in [4.78, 5) is 15.0. The molecule has 1 aliphatic rings. The van der Waals surface area contributed by atoms with Gasteiger partial charge in [0.25, 0.3) is 5.91 Å². The van der Waals surface area contributed by atoms with Gasteiger partial charge in [0.15, 0.2) is 11.5 Å². The van der Waals surface area contributed by atoms with E-state index in [4.69, 9.17) is 44.9 Å². The van der Waals surface area contributed by atoms with E-state index in [0.29, 0.717) is 56.4 Å². The number of thioether (sulfide) groups is 1. The molecule has 8 heteroatoms. The first kappa shape index (κ1) is 23.9. The predicted molar refractivity (Wildman–Crippen MR) is 133 cm³/mol. The molecule has 0 aromatic heterocycles. The molecule has 0 atom stereocenters. The van der Waals surface area contributed by atoms with Crippen LogP contribution in [0.5, 0.6) is 11.5 Å². The molecule has 1 saturated heterocycles. The first-order chi connectivity index (χ1) is 14.8. The minimum absolute atomic E-state index is 0.0825. The molecule has 1 amide bonds. The van der Waals surface area contributed by atoms with Crippen LogP contribution < -0.4 is 9.47 Å². The van der Waals surface area contributed by atoms with Crippen LogP contribution >= 0.6 is 47.2 Å². The maximum atomic E-state index is 12.8. The smallest absolute Gasteiger partial charge is 0.266 e. The van der Waals surface area contributed by atoms with Gasteiger partial charge in [-0.2, -0.15) is 0 Å². The molecule has 0 saturated carbocycles. The number of halogens is 2. The summed E-state index contributed by atoms with van der Waals surface area (Å²) in [6.07, 6.45) is 1.79. The topological polar surface area (TPSA) is 38.8 Å². The minimum Gasteiger partial charge on any atom is -0.490 e. The number of thiocarbonyl (C=S) groups is 1. The molecule has 1 fully saturated rings. The van der Waals surface area contributed by atoms with Gasteiger partial charge < -0.3 is 9.47 Å². The Morgan fingerprint density at radius 1 is 1.16 bits per heavy atom. The van der Waals surface area contributed by atoms with Crippen LogP contribution in [0, 0.1) is 5.92 Å². The molecule has 0 spiro atoms. The van der Waals surface area contributed by atoms with Crippen molar-refractivity contribution >= 4 is 63.5 Å². The largest absolute Gasteiger partial charge is 0.490 e. The lowest BCUT2D eigenvalue weighted by molar-refractivity contribution is -0.122. The lowest BCUT2D eigenvalue weighted by Gasteiger charge is -2.16. The Morgan fingerprint density at radius 2 is 1.87 bits per heavy atom. The van der Waals surface area contributed by atoms with Crippen LogP contribution in [-0.2, 0) is 11.4 Å². The van der Waals surface area contributed by atoms with Crippen LogP contribution in [0.15, 0.2) is 41.3 Å². The summed E-state index contributed by atoms with van der Waals surface area (Å²) in [5.41, 5.74) is 1.71. The zero-order chi connectivity index (χ0) is 22.5. The number of carbonyl (C=O) groups is 1. The van der Waals surface area contributed by atoms with Gasteiger partial charge in [-0.3, -0.25) is 9.69 Å². The van der Waals surface area contributed by atoms with Gasteiger partial charge in [0.05, 0.1) is 16.5 Å². The average molecular weight is 496 g/mol. The number of carbonyl (C=O) groups excluding carboxylic acids is 1. The summed E-state index contributed by atoms with van der Waals surface area (Å²) in [5, 5.41) is 1.07. The fraction of sp³-hybridized carbons (Fsp3) is 0.304. The molecular formula is C23H23Cl2NO3S2. The molecule has 0 aliphatic carbocycles.